The lowest BCUT2D eigenvalue weighted by molar-refractivity contribution is 0.0816. The molecule has 6 nitrogen and oxygen atoms in total. The molecule has 2 heterocycles. The van der Waals surface area contributed by atoms with Crippen LogP contribution in [0, 0.1) is 0 Å². The number of aromatic nitrogens is 1. The predicted octanol–water partition coefficient (Wildman–Crippen LogP) is 1.71. The van der Waals surface area contributed by atoms with Crippen molar-refractivity contribution < 1.29 is 13.2 Å². The van der Waals surface area contributed by atoms with Crippen LogP contribution in [0.5, 0.6) is 0 Å². The monoisotopic (exact) mass is 317 g/mol. The van der Waals surface area contributed by atoms with Gasteiger partial charge in [0.15, 0.2) is 0 Å². The lowest BCUT2D eigenvalue weighted by atomic mass is 10.0. The number of amides is 1. The highest BCUT2D eigenvalue weighted by Gasteiger charge is 2.24. The van der Waals surface area contributed by atoms with Crippen LogP contribution < -0.4 is 4.72 Å². The summed E-state index contributed by atoms with van der Waals surface area (Å²) in [5.41, 5.74) is 3.53. The molecule has 114 valence electrons. The van der Waals surface area contributed by atoms with Crippen LogP contribution in [-0.2, 0) is 16.6 Å². The third-order valence-electron chi connectivity index (χ3n) is 3.48. The van der Waals surface area contributed by atoms with E-state index >= 15 is 0 Å². The second-order valence-corrected chi connectivity index (χ2v) is 7.09. The molecule has 0 bridgehead atoms. The molecule has 0 fully saturated rings. The van der Waals surface area contributed by atoms with Crippen molar-refractivity contribution >= 4 is 21.7 Å². The van der Waals surface area contributed by atoms with Crippen molar-refractivity contribution in [1.29, 1.82) is 0 Å². The van der Waals surface area contributed by atoms with E-state index in [1.165, 1.54) is 0 Å². The van der Waals surface area contributed by atoms with Gasteiger partial charge in [-0.15, -0.1) is 0 Å². The van der Waals surface area contributed by atoms with Gasteiger partial charge in [-0.2, -0.15) is 0 Å². The number of hydrogen-bond donors (Lipinski definition) is 1. The van der Waals surface area contributed by atoms with Gasteiger partial charge >= 0.3 is 0 Å². The molecule has 0 radical (unpaired) electrons. The van der Waals surface area contributed by atoms with Crippen LogP contribution in [0.1, 0.15) is 15.9 Å². The highest BCUT2D eigenvalue weighted by Crippen LogP contribution is 2.27. The minimum Gasteiger partial charge on any atom is -0.337 e. The summed E-state index contributed by atoms with van der Waals surface area (Å²) in [4.78, 5) is 17.6. The lowest BCUT2D eigenvalue weighted by Crippen LogP contribution is -2.17. The molecule has 0 spiro atoms. The summed E-state index contributed by atoms with van der Waals surface area (Å²) in [6.07, 6.45) is 2.69. The summed E-state index contributed by atoms with van der Waals surface area (Å²) in [5, 5.41) is 0. The Morgan fingerprint density at radius 1 is 1.18 bits per heavy atom. The SMILES string of the molecule is CN1Cc2cc(-c3ccc(NS(C)(=O)=O)nc3)ccc2C1=O. The highest BCUT2D eigenvalue weighted by molar-refractivity contribution is 7.92. The zero-order valence-electron chi connectivity index (χ0n) is 12.2. The molecule has 0 unspecified atom stereocenters. The molecule has 22 heavy (non-hydrogen) atoms. The predicted molar refractivity (Wildman–Crippen MR) is 83.9 cm³/mol. The van der Waals surface area contributed by atoms with E-state index in [0.29, 0.717) is 6.54 Å². The molecule has 1 aliphatic rings. The minimum atomic E-state index is -3.33. The first-order valence-corrected chi connectivity index (χ1v) is 8.55. The largest absolute Gasteiger partial charge is 0.337 e. The summed E-state index contributed by atoms with van der Waals surface area (Å²) in [7, 11) is -1.56. The summed E-state index contributed by atoms with van der Waals surface area (Å²) >= 11 is 0. The van der Waals surface area contributed by atoms with Gasteiger partial charge in [0.1, 0.15) is 5.82 Å². The number of pyridine rings is 1. The molecule has 3 rings (SSSR count). The van der Waals surface area contributed by atoms with E-state index in [-0.39, 0.29) is 11.7 Å². The first-order chi connectivity index (χ1) is 10.3. The molecular weight excluding hydrogens is 302 g/mol. The van der Waals surface area contributed by atoms with Crippen LogP contribution in [0.4, 0.5) is 5.82 Å². The van der Waals surface area contributed by atoms with Gasteiger partial charge in [0.25, 0.3) is 5.91 Å². The van der Waals surface area contributed by atoms with Gasteiger partial charge in [0, 0.05) is 30.9 Å². The van der Waals surface area contributed by atoms with Crippen molar-refractivity contribution in [3.63, 3.8) is 0 Å². The van der Waals surface area contributed by atoms with Crippen LogP contribution in [-0.4, -0.2) is 37.5 Å². The Labute approximate surface area is 128 Å². The van der Waals surface area contributed by atoms with E-state index in [9.17, 15) is 13.2 Å². The van der Waals surface area contributed by atoms with Gasteiger partial charge in [-0.25, -0.2) is 13.4 Å². The van der Waals surface area contributed by atoms with Crippen molar-refractivity contribution in [3.8, 4) is 11.1 Å². The summed E-state index contributed by atoms with van der Waals surface area (Å²) in [6.45, 7) is 0.600. The second kappa shape index (κ2) is 5.10. The van der Waals surface area contributed by atoms with Gasteiger partial charge in [0.2, 0.25) is 10.0 Å². The molecule has 7 heteroatoms. The molecule has 0 aliphatic carbocycles. The van der Waals surface area contributed by atoms with Crippen molar-refractivity contribution in [2.75, 3.05) is 18.0 Å². The topological polar surface area (TPSA) is 79.4 Å². The van der Waals surface area contributed by atoms with Gasteiger partial charge < -0.3 is 4.90 Å². The molecular formula is C15H15N3O3S. The number of fused-ring (bicyclic) bond motifs is 1. The molecule has 2 aromatic rings. The zero-order chi connectivity index (χ0) is 15.9. The fourth-order valence-electron chi connectivity index (χ4n) is 2.46. The number of nitrogens with zero attached hydrogens (tertiary/aromatic N) is 2. The van der Waals surface area contributed by atoms with Crippen LogP contribution in [0.3, 0.4) is 0 Å². The van der Waals surface area contributed by atoms with Gasteiger partial charge in [-0.1, -0.05) is 6.07 Å². The second-order valence-electron chi connectivity index (χ2n) is 5.34. The van der Waals surface area contributed by atoms with Gasteiger partial charge in [0.05, 0.1) is 6.26 Å². The molecule has 0 saturated carbocycles. The van der Waals surface area contributed by atoms with E-state index in [1.54, 1.807) is 30.3 Å². The summed E-state index contributed by atoms with van der Waals surface area (Å²) in [5.74, 6) is 0.315. The standard InChI is InChI=1S/C15H15N3O3S/c1-18-9-12-7-10(3-5-13(12)15(18)19)11-4-6-14(16-8-11)17-22(2,20)21/h3-8H,9H2,1-2H3,(H,16,17). The van der Waals surface area contributed by atoms with Crippen molar-refractivity contribution in [1.82, 2.24) is 9.88 Å². The Kier molecular flexibility index (Phi) is 3.37. The smallest absolute Gasteiger partial charge is 0.254 e. The Morgan fingerprint density at radius 3 is 2.55 bits per heavy atom. The first kappa shape index (κ1) is 14.5. The number of carbonyl (C=O) groups excluding carboxylic acids is 1. The Morgan fingerprint density at radius 2 is 1.91 bits per heavy atom. The highest BCUT2D eigenvalue weighted by atomic mass is 32.2. The molecule has 1 aliphatic heterocycles. The number of nitrogens with one attached hydrogen (secondary N) is 1. The van der Waals surface area contributed by atoms with Crippen molar-refractivity contribution in [3.05, 3.63) is 47.7 Å². The van der Waals surface area contributed by atoms with E-state index in [0.717, 1.165) is 28.5 Å². The molecule has 0 atom stereocenters. The number of anilines is 1. The molecule has 1 N–H and O–H groups in total. The third kappa shape index (κ3) is 2.80. The molecule has 1 aromatic carbocycles. The molecule has 1 amide bonds. The summed E-state index contributed by atoms with van der Waals surface area (Å²) < 4.78 is 24.6. The zero-order valence-corrected chi connectivity index (χ0v) is 13.0. The molecule has 1 aromatic heterocycles. The number of rotatable bonds is 3. The third-order valence-corrected chi connectivity index (χ3v) is 4.06. The van der Waals surface area contributed by atoms with Crippen LogP contribution in [0.25, 0.3) is 11.1 Å². The van der Waals surface area contributed by atoms with Crippen LogP contribution >= 0.6 is 0 Å². The van der Waals surface area contributed by atoms with Crippen LogP contribution in [0.2, 0.25) is 0 Å². The lowest BCUT2D eigenvalue weighted by Gasteiger charge is -2.06. The number of hydrogen-bond acceptors (Lipinski definition) is 4. The normalized spacial score (nSPS) is 14.1. The minimum absolute atomic E-state index is 0.0346. The van der Waals surface area contributed by atoms with Gasteiger partial charge in [-0.05, 0) is 35.4 Å². The number of sulfonamides is 1. The average Bonchev–Trinajstić information content (AvgIpc) is 2.73. The Balaban J connectivity index is 1.90. The quantitative estimate of drug-likeness (QED) is 0.934. The molecule has 0 saturated heterocycles. The maximum atomic E-state index is 11.9. The van der Waals surface area contributed by atoms with E-state index in [4.69, 9.17) is 0 Å². The van der Waals surface area contributed by atoms with Gasteiger partial charge in [-0.3, -0.25) is 9.52 Å². The van der Waals surface area contributed by atoms with E-state index in [2.05, 4.69) is 9.71 Å². The van der Waals surface area contributed by atoms with Crippen molar-refractivity contribution in [2.45, 2.75) is 6.54 Å². The number of benzene rings is 1. The fourth-order valence-corrected chi connectivity index (χ4v) is 2.96. The first-order valence-electron chi connectivity index (χ1n) is 6.66. The Hall–Kier alpha value is -2.41. The van der Waals surface area contributed by atoms with Crippen molar-refractivity contribution in [2.24, 2.45) is 0 Å². The summed E-state index contributed by atoms with van der Waals surface area (Å²) in [6, 6.07) is 9.07. The number of carbonyl (C=O) groups is 1. The average molecular weight is 317 g/mol. The fraction of sp³-hybridized carbons (Fsp3) is 0.200. The maximum Gasteiger partial charge on any atom is 0.254 e. The van der Waals surface area contributed by atoms with E-state index in [1.807, 2.05) is 18.2 Å². The van der Waals surface area contributed by atoms with Crippen LogP contribution in [0.15, 0.2) is 36.5 Å². The maximum absolute atomic E-state index is 11.9. The van der Waals surface area contributed by atoms with E-state index < -0.39 is 10.0 Å². The Bertz CT molecular complexity index is 845.